The number of amides is 1. The lowest BCUT2D eigenvalue weighted by atomic mass is 10.1. The van der Waals surface area contributed by atoms with Gasteiger partial charge in [-0.1, -0.05) is 31.2 Å². The Morgan fingerprint density at radius 1 is 1.00 bits per heavy atom. The number of carbonyl (C=O) groups excluding carboxylic acids is 2. The number of hydrogen-bond acceptors (Lipinski definition) is 4. The van der Waals surface area contributed by atoms with Crippen LogP contribution in [-0.2, 0) is 4.74 Å². The van der Waals surface area contributed by atoms with Gasteiger partial charge < -0.3 is 10.1 Å². The fourth-order valence-corrected chi connectivity index (χ4v) is 3.08. The molecule has 0 radical (unpaired) electrons. The van der Waals surface area contributed by atoms with E-state index < -0.39 is 5.97 Å². The van der Waals surface area contributed by atoms with Gasteiger partial charge in [-0.3, -0.25) is 4.79 Å². The third-order valence-corrected chi connectivity index (χ3v) is 4.54. The van der Waals surface area contributed by atoms with Crippen molar-refractivity contribution in [3.63, 3.8) is 0 Å². The molecule has 2 aromatic rings. The Bertz CT molecular complexity index is 715. The van der Waals surface area contributed by atoms with Crippen LogP contribution in [0.1, 0.15) is 41.0 Å². The molecule has 0 bridgehead atoms. The summed E-state index contributed by atoms with van der Waals surface area (Å²) in [7, 11) is 0. The van der Waals surface area contributed by atoms with Crippen LogP contribution in [0.5, 0.6) is 0 Å². The van der Waals surface area contributed by atoms with Gasteiger partial charge in [0.15, 0.2) is 0 Å². The molecule has 5 heteroatoms. The molecule has 2 aromatic carbocycles. The van der Waals surface area contributed by atoms with Crippen molar-refractivity contribution < 1.29 is 14.3 Å². The molecule has 0 saturated carbocycles. The molecule has 0 aliphatic rings. The molecule has 0 heterocycles. The second kappa shape index (κ2) is 9.13. The Hall–Kier alpha value is -2.27. The summed E-state index contributed by atoms with van der Waals surface area (Å²) in [5, 5.41) is 2.83. The van der Waals surface area contributed by atoms with Crippen LogP contribution >= 0.6 is 11.8 Å². The molecule has 4 nitrogen and oxygen atoms in total. The summed E-state index contributed by atoms with van der Waals surface area (Å²) < 4.78 is 5.04. The molecule has 0 aliphatic heterocycles. The zero-order chi connectivity index (χ0) is 17.4. The van der Waals surface area contributed by atoms with Crippen LogP contribution in [0.2, 0.25) is 0 Å². The van der Waals surface area contributed by atoms with Crippen LogP contribution in [0.15, 0.2) is 53.4 Å². The first-order valence-electron chi connectivity index (χ1n) is 7.96. The van der Waals surface area contributed by atoms with Crippen molar-refractivity contribution in [2.45, 2.75) is 25.2 Å². The smallest absolute Gasteiger partial charge is 0.340 e. The molecular formula is C19H21NO3S. The maximum atomic E-state index is 12.7. The highest BCUT2D eigenvalue weighted by Gasteiger charge is 2.16. The van der Waals surface area contributed by atoms with E-state index in [9.17, 15) is 9.59 Å². The number of hydrogen-bond donors (Lipinski definition) is 1. The van der Waals surface area contributed by atoms with Crippen molar-refractivity contribution in [1.82, 2.24) is 0 Å². The summed E-state index contributed by atoms with van der Waals surface area (Å²) in [6.45, 7) is 4.14. The molecule has 126 valence electrons. The third kappa shape index (κ3) is 4.61. The molecule has 24 heavy (non-hydrogen) atoms. The number of ether oxygens (including phenoxy) is 1. The topological polar surface area (TPSA) is 55.4 Å². The van der Waals surface area contributed by atoms with Crippen molar-refractivity contribution >= 4 is 29.3 Å². The second-order valence-electron chi connectivity index (χ2n) is 5.06. The van der Waals surface area contributed by atoms with Crippen LogP contribution in [0.4, 0.5) is 5.69 Å². The summed E-state index contributed by atoms with van der Waals surface area (Å²) >= 11 is 1.65. The molecule has 0 aromatic heterocycles. The van der Waals surface area contributed by atoms with Gasteiger partial charge in [-0.05, 0) is 43.4 Å². The lowest BCUT2D eigenvalue weighted by molar-refractivity contribution is 0.0527. The van der Waals surface area contributed by atoms with Gasteiger partial charge in [0.25, 0.3) is 5.91 Å². The zero-order valence-electron chi connectivity index (χ0n) is 13.9. The number of benzene rings is 2. The number of rotatable bonds is 7. The van der Waals surface area contributed by atoms with Crippen molar-refractivity contribution in [2.75, 3.05) is 17.7 Å². The summed E-state index contributed by atoms with van der Waals surface area (Å²) in [6, 6.07) is 14.3. The highest BCUT2D eigenvalue weighted by Crippen LogP contribution is 2.25. The van der Waals surface area contributed by atoms with Crippen LogP contribution < -0.4 is 5.32 Å². The first-order chi connectivity index (χ1) is 11.7. The van der Waals surface area contributed by atoms with Gasteiger partial charge in [0.1, 0.15) is 0 Å². The first-order valence-corrected chi connectivity index (χ1v) is 8.95. The summed E-state index contributed by atoms with van der Waals surface area (Å²) in [5.74, 6) is 0.275. The van der Waals surface area contributed by atoms with Gasteiger partial charge in [0, 0.05) is 4.90 Å². The largest absolute Gasteiger partial charge is 0.462 e. The van der Waals surface area contributed by atoms with Crippen molar-refractivity contribution in [3.8, 4) is 0 Å². The third-order valence-electron chi connectivity index (χ3n) is 3.26. The van der Waals surface area contributed by atoms with E-state index in [0.717, 1.165) is 17.1 Å². The number of thioether (sulfide) groups is 1. The molecule has 0 fully saturated rings. The molecule has 0 atom stereocenters. The van der Waals surface area contributed by atoms with E-state index in [1.54, 1.807) is 49.0 Å². The van der Waals surface area contributed by atoms with E-state index in [1.165, 1.54) is 0 Å². The van der Waals surface area contributed by atoms with E-state index >= 15 is 0 Å². The van der Waals surface area contributed by atoms with Crippen LogP contribution in [0, 0.1) is 0 Å². The van der Waals surface area contributed by atoms with E-state index in [0.29, 0.717) is 16.8 Å². The van der Waals surface area contributed by atoms with E-state index in [-0.39, 0.29) is 12.5 Å². The van der Waals surface area contributed by atoms with E-state index in [4.69, 9.17) is 4.74 Å². The predicted octanol–water partition coefficient (Wildman–Crippen LogP) is 4.62. The lowest BCUT2D eigenvalue weighted by Crippen LogP contribution is -2.16. The predicted molar refractivity (Wildman–Crippen MR) is 97.8 cm³/mol. The minimum Gasteiger partial charge on any atom is -0.462 e. The minimum absolute atomic E-state index is 0.231. The number of anilines is 1. The van der Waals surface area contributed by atoms with Gasteiger partial charge in [0.05, 0.1) is 23.4 Å². The Morgan fingerprint density at radius 3 is 2.38 bits per heavy atom. The Balaban J connectivity index is 2.23. The monoisotopic (exact) mass is 343 g/mol. The molecule has 1 N–H and O–H groups in total. The Morgan fingerprint density at radius 2 is 1.67 bits per heavy atom. The van der Waals surface area contributed by atoms with Crippen molar-refractivity contribution in [1.29, 1.82) is 0 Å². The average molecular weight is 343 g/mol. The Kier molecular flexibility index (Phi) is 6.88. The van der Waals surface area contributed by atoms with Crippen molar-refractivity contribution in [3.05, 3.63) is 59.7 Å². The fourth-order valence-electron chi connectivity index (χ4n) is 2.16. The van der Waals surface area contributed by atoms with Crippen LogP contribution in [0.25, 0.3) is 0 Å². The summed E-state index contributed by atoms with van der Waals surface area (Å²) in [5.41, 5.74) is 1.41. The number of esters is 1. The minimum atomic E-state index is -0.443. The maximum Gasteiger partial charge on any atom is 0.340 e. The molecule has 0 spiro atoms. The van der Waals surface area contributed by atoms with Crippen LogP contribution in [0.3, 0.4) is 0 Å². The standard InChI is InChI=1S/C19H21NO3S/c1-3-13-24-17-12-8-6-10-15(17)18(21)20-16-11-7-5-9-14(16)19(22)23-4-2/h5-12H,3-4,13H2,1-2H3,(H,20,21). The van der Waals surface area contributed by atoms with Crippen LogP contribution in [-0.4, -0.2) is 24.2 Å². The van der Waals surface area contributed by atoms with E-state index in [1.807, 2.05) is 18.2 Å². The normalized spacial score (nSPS) is 10.2. The van der Waals surface area contributed by atoms with Gasteiger partial charge in [-0.2, -0.15) is 0 Å². The second-order valence-corrected chi connectivity index (χ2v) is 6.20. The van der Waals surface area contributed by atoms with E-state index in [2.05, 4.69) is 12.2 Å². The number of para-hydroxylation sites is 1. The number of carbonyl (C=O) groups is 2. The van der Waals surface area contributed by atoms with Gasteiger partial charge >= 0.3 is 5.97 Å². The molecule has 0 saturated heterocycles. The summed E-state index contributed by atoms with van der Waals surface area (Å²) in [6.07, 6.45) is 1.03. The van der Waals surface area contributed by atoms with Gasteiger partial charge in [-0.15, -0.1) is 11.8 Å². The highest BCUT2D eigenvalue weighted by atomic mass is 32.2. The quantitative estimate of drug-likeness (QED) is 0.589. The summed E-state index contributed by atoms with van der Waals surface area (Å²) in [4.78, 5) is 25.6. The van der Waals surface area contributed by atoms with Gasteiger partial charge in [0.2, 0.25) is 0 Å². The van der Waals surface area contributed by atoms with Crippen molar-refractivity contribution in [2.24, 2.45) is 0 Å². The molecule has 1 amide bonds. The van der Waals surface area contributed by atoms with Gasteiger partial charge in [-0.25, -0.2) is 4.79 Å². The first kappa shape index (κ1) is 18.1. The SMILES string of the molecule is CCCSc1ccccc1C(=O)Nc1ccccc1C(=O)OCC. The molecular weight excluding hydrogens is 322 g/mol. The molecule has 2 rings (SSSR count). The molecule has 0 unspecified atom stereocenters. The number of nitrogens with one attached hydrogen (secondary N) is 1. The lowest BCUT2D eigenvalue weighted by Gasteiger charge is -2.12. The molecule has 0 aliphatic carbocycles. The fraction of sp³-hybridized carbons (Fsp3) is 0.263. The average Bonchev–Trinajstić information content (AvgIpc) is 2.60. The highest BCUT2D eigenvalue weighted by molar-refractivity contribution is 7.99. The zero-order valence-corrected chi connectivity index (χ0v) is 14.7. The maximum absolute atomic E-state index is 12.7. The Labute approximate surface area is 146 Å².